The molecule has 2 heterocycles. The van der Waals surface area contributed by atoms with Crippen LogP contribution in [0.3, 0.4) is 0 Å². The molecule has 0 spiro atoms. The molecule has 162 valence electrons. The van der Waals surface area contributed by atoms with Gasteiger partial charge in [0.15, 0.2) is 0 Å². The fourth-order valence-corrected chi connectivity index (χ4v) is 3.07. The fraction of sp³-hybridized carbons (Fsp3) is 0.714. The van der Waals surface area contributed by atoms with E-state index in [-0.39, 0.29) is 12.0 Å². The molecule has 0 bridgehead atoms. The van der Waals surface area contributed by atoms with Gasteiger partial charge < -0.3 is 15.0 Å². The van der Waals surface area contributed by atoms with Crippen molar-refractivity contribution in [3.8, 4) is 0 Å². The number of likely N-dealkylation sites (N-methyl/N-ethyl adjacent to an activating group) is 1. The molecule has 1 N–H and O–H groups in total. The Morgan fingerprint density at radius 3 is 2.36 bits per heavy atom. The van der Waals surface area contributed by atoms with E-state index in [1.165, 1.54) is 0 Å². The molecule has 1 aliphatic rings. The summed E-state index contributed by atoms with van der Waals surface area (Å²) >= 11 is 6.09. The summed E-state index contributed by atoms with van der Waals surface area (Å²) in [5.74, 6) is 0.598. The molecule has 1 amide bonds. The Labute approximate surface area is 176 Å². The van der Waals surface area contributed by atoms with Crippen molar-refractivity contribution in [2.75, 3.05) is 44.7 Å². The highest BCUT2D eigenvalue weighted by molar-refractivity contribution is 6.29. The predicted molar refractivity (Wildman–Crippen MR) is 120 cm³/mol. The topological polar surface area (TPSA) is 57.7 Å². The Bertz CT molecular complexity index is 561. The first-order chi connectivity index (χ1) is 13.5. The van der Waals surface area contributed by atoms with E-state index in [4.69, 9.17) is 16.3 Å². The van der Waals surface area contributed by atoms with E-state index in [1.807, 2.05) is 27.7 Å². The zero-order valence-electron chi connectivity index (χ0n) is 18.9. The zero-order chi connectivity index (χ0) is 21.7. The van der Waals surface area contributed by atoms with Gasteiger partial charge in [0, 0.05) is 38.3 Å². The largest absolute Gasteiger partial charge is 0.378 e. The lowest BCUT2D eigenvalue weighted by molar-refractivity contribution is 0.0783. The summed E-state index contributed by atoms with van der Waals surface area (Å²) in [7, 11) is 1.70. The van der Waals surface area contributed by atoms with E-state index in [0.717, 1.165) is 32.0 Å². The molecule has 1 aromatic heterocycles. The smallest absolute Gasteiger partial charge is 0.251 e. The van der Waals surface area contributed by atoms with Crippen LogP contribution >= 0.6 is 11.6 Å². The van der Waals surface area contributed by atoms with Gasteiger partial charge in [0.2, 0.25) is 0 Å². The molecule has 0 saturated carbocycles. The molecular weight excluding hydrogens is 376 g/mol. The van der Waals surface area contributed by atoms with Gasteiger partial charge in [0.05, 0.1) is 6.10 Å². The molecule has 28 heavy (non-hydrogen) atoms. The second kappa shape index (κ2) is 14.6. The van der Waals surface area contributed by atoms with Gasteiger partial charge in [-0.15, -0.1) is 0 Å². The van der Waals surface area contributed by atoms with E-state index < -0.39 is 0 Å². The van der Waals surface area contributed by atoms with Crippen LogP contribution in [0.4, 0.5) is 5.82 Å². The summed E-state index contributed by atoms with van der Waals surface area (Å²) < 4.78 is 5.27. The standard InChI is InChI=1S/C17H27ClN4O2.2C2H6/c1-5-21(6-2)12(3)9-19-17(23)13-7-15(18)20-16(8-13)22-10-14(11-22)24-4;2*1-2/h7-8,12,14H,5-6,9-11H2,1-4H3,(H,19,23);2*1-2H3. The van der Waals surface area contributed by atoms with E-state index in [1.54, 1.807) is 19.2 Å². The Balaban J connectivity index is 0.00000171. The highest BCUT2D eigenvalue weighted by Gasteiger charge is 2.28. The van der Waals surface area contributed by atoms with Crippen LogP contribution in [-0.4, -0.2) is 67.8 Å². The van der Waals surface area contributed by atoms with Crippen LogP contribution in [-0.2, 0) is 4.74 Å². The van der Waals surface area contributed by atoms with E-state index in [0.29, 0.717) is 23.3 Å². The maximum Gasteiger partial charge on any atom is 0.251 e. The number of carbonyl (C=O) groups is 1. The Kier molecular flexibility index (Phi) is 13.9. The summed E-state index contributed by atoms with van der Waals surface area (Å²) in [5.41, 5.74) is 0.539. The number of carbonyl (C=O) groups excluding carboxylic acids is 1. The van der Waals surface area contributed by atoms with Crippen LogP contribution in [0.15, 0.2) is 12.1 Å². The third-order valence-electron chi connectivity index (χ3n) is 4.54. The van der Waals surface area contributed by atoms with Crippen LogP contribution in [0, 0.1) is 0 Å². The number of aromatic nitrogens is 1. The van der Waals surface area contributed by atoms with Crippen molar-refractivity contribution in [1.82, 2.24) is 15.2 Å². The average Bonchev–Trinajstić information content (AvgIpc) is 2.69. The Hall–Kier alpha value is -1.37. The van der Waals surface area contributed by atoms with Gasteiger partial charge in [0.1, 0.15) is 11.0 Å². The molecule has 1 unspecified atom stereocenters. The van der Waals surface area contributed by atoms with Crippen molar-refractivity contribution in [3.63, 3.8) is 0 Å². The third kappa shape index (κ3) is 7.94. The van der Waals surface area contributed by atoms with E-state index >= 15 is 0 Å². The first kappa shape index (κ1) is 26.6. The summed E-state index contributed by atoms with van der Waals surface area (Å²) in [5, 5.41) is 3.32. The number of rotatable bonds is 8. The summed E-state index contributed by atoms with van der Waals surface area (Å²) in [6, 6.07) is 3.68. The van der Waals surface area contributed by atoms with Crippen molar-refractivity contribution in [2.24, 2.45) is 0 Å². The second-order valence-electron chi connectivity index (χ2n) is 6.08. The normalized spacial score (nSPS) is 14.3. The second-order valence-corrected chi connectivity index (χ2v) is 6.47. The third-order valence-corrected chi connectivity index (χ3v) is 4.74. The highest BCUT2D eigenvalue weighted by atomic mass is 35.5. The fourth-order valence-electron chi connectivity index (χ4n) is 2.87. The maximum absolute atomic E-state index is 12.4. The van der Waals surface area contributed by atoms with Crippen molar-refractivity contribution in [3.05, 3.63) is 22.8 Å². The quantitative estimate of drug-likeness (QED) is 0.649. The predicted octanol–water partition coefficient (Wildman–Crippen LogP) is 4.08. The molecule has 1 aromatic rings. The molecule has 1 aliphatic heterocycles. The first-order valence-electron chi connectivity index (χ1n) is 10.5. The molecule has 1 atom stereocenters. The van der Waals surface area contributed by atoms with Gasteiger partial charge in [-0.1, -0.05) is 53.1 Å². The highest BCUT2D eigenvalue weighted by Crippen LogP contribution is 2.23. The van der Waals surface area contributed by atoms with Gasteiger partial charge in [-0.2, -0.15) is 0 Å². The number of hydrogen-bond donors (Lipinski definition) is 1. The van der Waals surface area contributed by atoms with Crippen molar-refractivity contribution in [1.29, 1.82) is 0 Å². The summed E-state index contributed by atoms with van der Waals surface area (Å²) in [4.78, 5) is 21.1. The van der Waals surface area contributed by atoms with Crippen LogP contribution in [0.5, 0.6) is 0 Å². The molecule has 1 fully saturated rings. The van der Waals surface area contributed by atoms with Crippen molar-refractivity contribution < 1.29 is 9.53 Å². The zero-order valence-corrected chi connectivity index (χ0v) is 19.6. The lowest BCUT2D eigenvalue weighted by Gasteiger charge is -2.39. The minimum Gasteiger partial charge on any atom is -0.378 e. The average molecular weight is 415 g/mol. The van der Waals surface area contributed by atoms with Gasteiger partial charge >= 0.3 is 0 Å². The number of methoxy groups -OCH3 is 1. The number of ether oxygens (including phenoxy) is 1. The van der Waals surface area contributed by atoms with Gasteiger partial charge in [0.25, 0.3) is 5.91 Å². The lowest BCUT2D eigenvalue weighted by atomic mass is 10.1. The molecule has 7 heteroatoms. The molecular formula is C21H39ClN4O2. The summed E-state index contributed by atoms with van der Waals surface area (Å²) in [6.45, 7) is 18.4. The minimum absolute atomic E-state index is 0.122. The molecule has 0 radical (unpaired) electrons. The SMILES string of the molecule is CC.CC.CCN(CC)C(C)CNC(=O)c1cc(Cl)nc(N2CC(OC)C2)c1. The first-order valence-corrected chi connectivity index (χ1v) is 10.8. The molecule has 0 aromatic carbocycles. The molecule has 1 saturated heterocycles. The van der Waals surface area contributed by atoms with Crippen LogP contribution in [0.2, 0.25) is 5.15 Å². The number of pyridine rings is 1. The molecule has 2 rings (SSSR count). The van der Waals surface area contributed by atoms with Crippen LogP contribution in [0.25, 0.3) is 0 Å². The summed E-state index contributed by atoms with van der Waals surface area (Å²) in [6.07, 6.45) is 0.220. The number of hydrogen-bond acceptors (Lipinski definition) is 5. The Morgan fingerprint density at radius 2 is 1.86 bits per heavy atom. The molecule has 0 aliphatic carbocycles. The maximum atomic E-state index is 12.4. The minimum atomic E-state index is -0.122. The number of nitrogens with one attached hydrogen (secondary N) is 1. The van der Waals surface area contributed by atoms with E-state index in [2.05, 4.69) is 40.9 Å². The lowest BCUT2D eigenvalue weighted by Crippen LogP contribution is -2.52. The number of amides is 1. The number of nitrogens with zero attached hydrogens (tertiary/aromatic N) is 3. The van der Waals surface area contributed by atoms with Gasteiger partial charge in [-0.05, 0) is 32.1 Å². The van der Waals surface area contributed by atoms with Gasteiger partial charge in [-0.25, -0.2) is 4.98 Å². The Morgan fingerprint density at radius 1 is 1.29 bits per heavy atom. The van der Waals surface area contributed by atoms with Crippen LogP contribution in [0.1, 0.15) is 58.8 Å². The van der Waals surface area contributed by atoms with Crippen LogP contribution < -0.4 is 10.2 Å². The van der Waals surface area contributed by atoms with Crippen molar-refractivity contribution in [2.45, 2.75) is 60.6 Å². The number of anilines is 1. The number of halogens is 1. The van der Waals surface area contributed by atoms with Crippen molar-refractivity contribution >= 4 is 23.3 Å². The molecule has 6 nitrogen and oxygen atoms in total. The monoisotopic (exact) mass is 414 g/mol. The van der Waals surface area contributed by atoms with Gasteiger partial charge in [-0.3, -0.25) is 9.69 Å². The van der Waals surface area contributed by atoms with E-state index in [9.17, 15) is 4.79 Å².